The van der Waals surface area contributed by atoms with Crippen molar-refractivity contribution in [1.29, 1.82) is 0 Å². The molecule has 0 spiro atoms. The van der Waals surface area contributed by atoms with Gasteiger partial charge in [-0.25, -0.2) is 0 Å². The molecule has 6 nitrogen and oxygen atoms in total. The third-order valence-corrected chi connectivity index (χ3v) is 4.94. The Labute approximate surface area is 152 Å². The zero-order valence-corrected chi connectivity index (χ0v) is 14.9. The fourth-order valence-electron chi connectivity index (χ4n) is 3.61. The number of nitrogens with zero attached hydrogens (tertiary/aromatic N) is 4. The van der Waals surface area contributed by atoms with Crippen molar-refractivity contribution in [1.82, 2.24) is 24.5 Å². The van der Waals surface area contributed by atoms with Gasteiger partial charge in [0.1, 0.15) is 0 Å². The molecule has 0 atom stereocenters. The van der Waals surface area contributed by atoms with Gasteiger partial charge in [-0.1, -0.05) is 23.7 Å². The fraction of sp³-hybridized carbons (Fsp3) is 0.105. The number of pyridine rings is 1. The minimum absolute atomic E-state index is 0.177. The highest BCUT2D eigenvalue weighted by molar-refractivity contribution is 6.31. The van der Waals surface area contributed by atoms with Crippen LogP contribution in [0.25, 0.3) is 38.4 Å². The molecule has 0 aliphatic carbocycles. The Hall–Kier alpha value is -3.12. The smallest absolute Gasteiger partial charge is 0.282 e. The standard InChI is InChI=1S/C19H14ClN5O/c1-10-17-14(22-21-10)4-3-5-15(17)25-16-8-11(20)6-7-12(16)13-9-24(2)23-18(13)19(25)26/h3-9H,1-2H3,(H,21,22). The molecule has 2 aromatic carbocycles. The summed E-state index contributed by atoms with van der Waals surface area (Å²) in [5, 5.41) is 14.9. The minimum Gasteiger partial charge on any atom is -0.282 e. The second-order valence-electron chi connectivity index (χ2n) is 6.39. The average Bonchev–Trinajstić information content (AvgIpc) is 3.19. The van der Waals surface area contributed by atoms with Crippen LogP contribution in [-0.2, 0) is 7.05 Å². The molecular formula is C19H14ClN5O. The number of rotatable bonds is 1. The molecule has 0 unspecified atom stereocenters. The van der Waals surface area contributed by atoms with E-state index >= 15 is 0 Å². The number of benzene rings is 2. The maximum Gasteiger partial charge on any atom is 0.284 e. The van der Waals surface area contributed by atoms with Gasteiger partial charge < -0.3 is 0 Å². The Morgan fingerprint density at radius 1 is 1.15 bits per heavy atom. The largest absolute Gasteiger partial charge is 0.284 e. The summed E-state index contributed by atoms with van der Waals surface area (Å²) < 4.78 is 3.34. The number of aromatic nitrogens is 5. The molecule has 0 aliphatic heterocycles. The number of H-pyrrole nitrogens is 1. The van der Waals surface area contributed by atoms with Crippen molar-refractivity contribution in [2.45, 2.75) is 6.92 Å². The molecule has 7 heteroatoms. The summed E-state index contributed by atoms with van der Waals surface area (Å²) in [6.45, 7) is 1.94. The van der Waals surface area contributed by atoms with E-state index in [0.29, 0.717) is 10.5 Å². The van der Waals surface area contributed by atoms with Gasteiger partial charge in [-0.2, -0.15) is 10.2 Å². The summed E-state index contributed by atoms with van der Waals surface area (Å²) >= 11 is 6.26. The molecule has 0 aliphatic rings. The summed E-state index contributed by atoms with van der Waals surface area (Å²) in [7, 11) is 1.81. The highest BCUT2D eigenvalue weighted by Crippen LogP contribution is 2.30. The second kappa shape index (κ2) is 5.19. The normalized spacial score (nSPS) is 11.8. The molecular weight excluding hydrogens is 350 g/mol. The molecule has 128 valence electrons. The molecule has 3 aromatic heterocycles. The van der Waals surface area contributed by atoms with Gasteiger partial charge in [0.15, 0.2) is 5.52 Å². The van der Waals surface area contributed by atoms with Gasteiger partial charge >= 0.3 is 0 Å². The van der Waals surface area contributed by atoms with E-state index in [9.17, 15) is 4.79 Å². The molecule has 5 aromatic rings. The number of aromatic amines is 1. The van der Waals surface area contributed by atoms with Crippen molar-refractivity contribution in [3.05, 3.63) is 63.7 Å². The van der Waals surface area contributed by atoms with Gasteiger partial charge in [-0.05, 0) is 31.2 Å². The third-order valence-electron chi connectivity index (χ3n) is 4.71. The second-order valence-corrected chi connectivity index (χ2v) is 6.82. The highest BCUT2D eigenvalue weighted by atomic mass is 35.5. The molecule has 0 saturated heterocycles. The summed E-state index contributed by atoms with van der Waals surface area (Å²) in [6, 6.07) is 11.3. The lowest BCUT2D eigenvalue weighted by Gasteiger charge is -2.13. The molecule has 1 N–H and O–H groups in total. The Kier molecular flexibility index (Phi) is 3.02. The van der Waals surface area contributed by atoms with Crippen LogP contribution in [0.3, 0.4) is 0 Å². The molecule has 26 heavy (non-hydrogen) atoms. The van der Waals surface area contributed by atoms with Crippen LogP contribution in [-0.4, -0.2) is 24.5 Å². The zero-order chi connectivity index (χ0) is 18.0. The number of hydrogen-bond acceptors (Lipinski definition) is 3. The summed E-state index contributed by atoms with van der Waals surface area (Å²) in [4.78, 5) is 13.4. The maximum absolute atomic E-state index is 13.4. The first-order chi connectivity index (χ1) is 12.5. The first-order valence-electron chi connectivity index (χ1n) is 8.16. The lowest BCUT2D eigenvalue weighted by atomic mass is 10.1. The number of fused-ring (bicyclic) bond motifs is 4. The van der Waals surface area contributed by atoms with Crippen LogP contribution in [0.1, 0.15) is 5.69 Å². The molecule has 5 rings (SSSR count). The van der Waals surface area contributed by atoms with Crippen LogP contribution >= 0.6 is 11.6 Å². The van der Waals surface area contributed by atoms with E-state index < -0.39 is 0 Å². The number of nitrogens with one attached hydrogen (secondary N) is 1. The van der Waals surface area contributed by atoms with Gasteiger partial charge in [0.25, 0.3) is 5.56 Å². The topological polar surface area (TPSA) is 68.5 Å². The first kappa shape index (κ1) is 15.2. The van der Waals surface area contributed by atoms with Crippen LogP contribution in [0.4, 0.5) is 0 Å². The average molecular weight is 364 g/mol. The third kappa shape index (κ3) is 1.96. The minimum atomic E-state index is -0.177. The molecule has 0 radical (unpaired) electrons. The maximum atomic E-state index is 13.4. The van der Waals surface area contributed by atoms with Crippen molar-refractivity contribution in [3.63, 3.8) is 0 Å². The van der Waals surface area contributed by atoms with Crippen molar-refractivity contribution in [2.75, 3.05) is 0 Å². The molecule has 0 fully saturated rings. The van der Waals surface area contributed by atoms with E-state index in [1.165, 1.54) is 0 Å². The predicted molar refractivity (Wildman–Crippen MR) is 103 cm³/mol. The lowest BCUT2D eigenvalue weighted by Crippen LogP contribution is -2.19. The Bertz CT molecular complexity index is 1390. The van der Waals surface area contributed by atoms with Crippen LogP contribution in [0.15, 0.2) is 47.4 Å². The van der Waals surface area contributed by atoms with E-state index in [4.69, 9.17) is 11.6 Å². The van der Waals surface area contributed by atoms with Crippen molar-refractivity contribution < 1.29 is 0 Å². The van der Waals surface area contributed by atoms with Crippen molar-refractivity contribution in [3.8, 4) is 5.69 Å². The van der Waals surface area contributed by atoms with Crippen LogP contribution in [0.2, 0.25) is 5.02 Å². The zero-order valence-electron chi connectivity index (χ0n) is 14.1. The highest BCUT2D eigenvalue weighted by Gasteiger charge is 2.18. The van der Waals surface area contributed by atoms with E-state index in [-0.39, 0.29) is 5.56 Å². The van der Waals surface area contributed by atoms with Crippen LogP contribution in [0.5, 0.6) is 0 Å². The molecule has 0 amide bonds. The monoisotopic (exact) mass is 363 g/mol. The quantitative estimate of drug-likeness (QED) is 0.493. The van der Waals surface area contributed by atoms with Gasteiger partial charge in [-0.15, -0.1) is 0 Å². The molecule has 0 saturated carbocycles. The fourth-order valence-corrected chi connectivity index (χ4v) is 3.77. The Balaban J connectivity index is 2.07. The summed E-state index contributed by atoms with van der Waals surface area (Å²) in [5.74, 6) is 0. The SMILES string of the molecule is Cc1[nH]nc2cccc(-n3c(=O)c4nn(C)cc4c4ccc(Cl)cc43)c12. The van der Waals surface area contributed by atoms with E-state index in [0.717, 1.165) is 38.6 Å². The Morgan fingerprint density at radius 3 is 2.85 bits per heavy atom. The molecule has 0 bridgehead atoms. The van der Waals surface area contributed by atoms with Gasteiger partial charge in [0, 0.05) is 40.1 Å². The number of halogens is 1. The van der Waals surface area contributed by atoms with Gasteiger partial charge in [-0.3, -0.25) is 19.1 Å². The van der Waals surface area contributed by atoms with E-state index in [1.807, 2.05) is 56.6 Å². The predicted octanol–water partition coefficient (Wildman–Crippen LogP) is 3.72. The number of aryl methyl sites for hydroxylation is 2. The summed E-state index contributed by atoms with van der Waals surface area (Å²) in [6.07, 6.45) is 1.86. The van der Waals surface area contributed by atoms with E-state index in [1.54, 1.807) is 9.25 Å². The van der Waals surface area contributed by atoms with Gasteiger partial charge in [0.05, 0.1) is 16.7 Å². The van der Waals surface area contributed by atoms with Crippen molar-refractivity contribution in [2.24, 2.45) is 7.05 Å². The lowest BCUT2D eigenvalue weighted by molar-refractivity contribution is 0.777. The van der Waals surface area contributed by atoms with E-state index in [2.05, 4.69) is 15.3 Å². The Morgan fingerprint density at radius 2 is 2.00 bits per heavy atom. The van der Waals surface area contributed by atoms with Gasteiger partial charge in [0.2, 0.25) is 0 Å². The van der Waals surface area contributed by atoms with Crippen LogP contribution < -0.4 is 5.56 Å². The molecule has 3 heterocycles. The van der Waals surface area contributed by atoms with Crippen molar-refractivity contribution >= 4 is 44.3 Å². The first-order valence-corrected chi connectivity index (χ1v) is 8.54. The van der Waals surface area contributed by atoms with Crippen LogP contribution in [0, 0.1) is 6.92 Å². The summed E-state index contributed by atoms with van der Waals surface area (Å²) in [5.41, 5.74) is 3.47. The number of hydrogen-bond donors (Lipinski definition) is 1.